The number of rotatable bonds is 7. The van der Waals surface area contributed by atoms with Gasteiger partial charge in [0.15, 0.2) is 12.6 Å². The van der Waals surface area contributed by atoms with E-state index in [0.29, 0.717) is 25.8 Å². The molecule has 3 aliphatic heterocycles. The molecule has 0 spiro atoms. The third-order valence-electron chi connectivity index (χ3n) is 10.9. The molecule has 3 fully saturated rings. The third-order valence-corrected chi connectivity index (χ3v) is 10.9. The van der Waals surface area contributed by atoms with Crippen molar-refractivity contribution in [2.45, 2.75) is 166 Å². The summed E-state index contributed by atoms with van der Waals surface area (Å²) in [5.74, 6) is -2.24. The first-order valence-corrected chi connectivity index (χ1v) is 17.7. The largest absolute Gasteiger partial charge is 0.459 e. The van der Waals surface area contributed by atoms with Gasteiger partial charge in [0, 0.05) is 32.0 Å². The lowest BCUT2D eigenvalue weighted by Crippen LogP contribution is -2.60. The second kappa shape index (κ2) is 16.6. The lowest BCUT2D eigenvalue weighted by atomic mass is 9.77. The number of hydrogen-bond acceptors (Lipinski definition) is 13. The zero-order valence-electron chi connectivity index (χ0n) is 31.3. The molecule has 0 aromatic rings. The molecule has 0 amide bonds. The minimum absolute atomic E-state index is 0.0615. The van der Waals surface area contributed by atoms with E-state index in [1.54, 1.807) is 34.6 Å². The van der Waals surface area contributed by atoms with E-state index >= 15 is 0 Å². The predicted octanol–water partition coefficient (Wildman–Crippen LogP) is 1.81. The minimum Gasteiger partial charge on any atom is -0.459 e. The summed E-state index contributed by atoms with van der Waals surface area (Å²) in [4.78, 5) is 15.9. The summed E-state index contributed by atoms with van der Waals surface area (Å²) in [5.41, 5.74) is -3.82. The van der Waals surface area contributed by atoms with Crippen molar-refractivity contribution in [2.75, 3.05) is 34.3 Å². The molecule has 3 aliphatic rings. The Morgan fingerprint density at radius 2 is 1.62 bits per heavy atom. The van der Waals surface area contributed by atoms with Gasteiger partial charge in [0.05, 0.1) is 41.5 Å². The molecular formula is C35H66N2O11. The van der Waals surface area contributed by atoms with Gasteiger partial charge < -0.3 is 59.1 Å². The maximum absolute atomic E-state index is 13.9. The Bertz CT molecular complexity index is 1030. The number of ether oxygens (including phenoxy) is 6. The molecule has 282 valence electrons. The molecule has 5 N–H and O–H groups in total. The molecule has 0 aromatic heterocycles. The minimum atomic E-state index is -1.49. The Labute approximate surface area is 287 Å². The van der Waals surface area contributed by atoms with Crippen molar-refractivity contribution in [3.8, 4) is 0 Å². The maximum Gasteiger partial charge on any atom is 0.311 e. The predicted molar refractivity (Wildman–Crippen MR) is 179 cm³/mol. The van der Waals surface area contributed by atoms with Crippen LogP contribution >= 0.6 is 0 Å². The van der Waals surface area contributed by atoms with E-state index in [0.717, 1.165) is 0 Å². The zero-order valence-corrected chi connectivity index (χ0v) is 31.3. The normalized spacial score (nSPS) is 48.9. The molecule has 13 heteroatoms. The Morgan fingerprint density at radius 3 is 2.21 bits per heavy atom. The zero-order chi connectivity index (χ0) is 36.4. The van der Waals surface area contributed by atoms with Gasteiger partial charge in [-0.3, -0.25) is 4.79 Å². The molecule has 0 aliphatic carbocycles. The summed E-state index contributed by atoms with van der Waals surface area (Å²) in [6, 6.07) is -0.240. The number of esters is 1. The van der Waals surface area contributed by atoms with Crippen molar-refractivity contribution in [2.24, 2.45) is 17.8 Å². The average Bonchev–Trinajstić information content (AvgIpc) is 2.99. The first kappa shape index (κ1) is 41.5. The molecule has 16 atom stereocenters. The highest BCUT2D eigenvalue weighted by molar-refractivity contribution is 5.73. The summed E-state index contributed by atoms with van der Waals surface area (Å²) >= 11 is 0. The van der Waals surface area contributed by atoms with Gasteiger partial charge in [-0.1, -0.05) is 20.8 Å². The van der Waals surface area contributed by atoms with Gasteiger partial charge in [0.2, 0.25) is 0 Å². The summed E-state index contributed by atoms with van der Waals surface area (Å²) in [7, 11) is 5.31. The van der Waals surface area contributed by atoms with Gasteiger partial charge in [-0.15, -0.1) is 0 Å². The Hall–Kier alpha value is -0.970. The summed E-state index contributed by atoms with van der Waals surface area (Å²) in [5, 5.41) is 49.2. The quantitative estimate of drug-likeness (QED) is 0.246. The van der Waals surface area contributed by atoms with E-state index in [1.165, 1.54) is 7.11 Å². The van der Waals surface area contributed by atoms with Crippen LogP contribution in [0.5, 0.6) is 0 Å². The van der Waals surface area contributed by atoms with Crippen LogP contribution < -0.4 is 5.32 Å². The van der Waals surface area contributed by atoms with Crippen LogP contribution in [0.4, 0.5) is 0 Å². The monoisotopic (exact) mass is 690 g/mol. The molecule has 2 unspecified atom stereocenters. The van der Waals surface area contributed by atoms with Crippen molar-refractivity contribution >= 4 is 5.97 Å². The van der Waals surface area contributed by atoms with Gasteiger partial charge in [0.1, 0.15) is 23.9 Å². The van der Waals surface area contributed by atoms with E-state index < -0.39 is 83.8 Å². The number of carbonyl (C=O) groups excluding carboxylic acids is 1. The molecule has 0 bridgehead atoms. The van der Waals surface area contributed by atoms with E-state index in [1.807, 2.05) is 46.7 Å². The Kier molecular flexibility index (Phi) is 14.3. The van der Waals surface area contributed by atoms with Crippen molar-refractivity contribution in [1.29, 1.82) is 0 Å². The van der Waals surface area contributed by atoms with Crippen LogP contribution in [0.2, 0.25) is 0 Å². The molecular weight excluding hydrogens is 624 g/mol. The third kappa shape index (κ3) is 9.67. The van der Waals surface area contributed by atoms with Gasteiger partial charge in [0.25, 0.3) is 0 Å². The fraction of sp³-hybridized carbons (Fsp3) is 0.971. The number of likely N-dealkylation sites (N-methyl/N-ethyl adjacent to an activating group) is 1. The number of hydrogen-bond donors (Lipinski definition) is 5. The van der Waals surface area contributed by atoms with Crippen LogP contribution in [0.15, 0.2) is 0 Å². The van der Waals surface area contributed by atoms with Gasteiger partial charge in [-0.2, -0.15) is 0 Å². The van der Waals surface area contributed by atoms with Crippen LogP contribution in [0, 0.1) is 17.8 Å². The number of aliphatic hydroxyl groups is 4. The highest BCUT2D eigenvalue weighted by Gasteiger charge is 2.51. The first-order valence-electron chi connectivity index (χ1n) is 17.7. The van der Waals surface area contributed by atoms with Crippen LogP contribution in [-0.4, -0.2) is 144 Å². The van der Waals surface area contributed by atoms with Gasteiger partial charge in [-0.25, -0.2) is 0 Å². The molecule has 3 saturated heterocycles. The summed E-state index contributed by atoms with van der Waals surface area (Å²) in [6.45, 7) is 16.8. The molecule has 0 saturated carbocycles. The SMILES string of the molecule is CCC1OC(=O)[C@H](C)C(O[C@H]2C[C@@](C)(OC)[C@@H](O)[C@H](C)O2)[C@H](C)[C@@H](O[C@@H]2O[C@H](C)C[C@H](N(C)C)[C@H]2O)[C@](C)(O)C[C@@H](C)CNC[C@]1(C)O. The van der Waals surface area contributed by atoms with Gasteiger partial charge in [-0.05, 0) is 87.4 Å². The summed E-state index contributed by atoms with van der Waals surface area (Å²) in [6.07, 6.45) is -5.99. The van der Waals surface area contributed by atoms with Crippen molar-refractivity contribution < 1.29 is 53.6 Å². The highest BCUT2D eigenvalue weighted by Crippen LogP contribution is 2.39. The van der Waals surface area contributed by atoms with Crippen LogP contribution in [-0.2, 0) is 33.2 Å². The molecule has 3 rings (SSSR count). The van der Waals surface area contributed by atoms with Crippen molar-refractivity contribution in [1.82, 2.24) is 10.2 Å². The fourth-order valence-corrected chi connectivity index (χ4v) is 7.89. The Balaban J connectivity index is 2.10. The van der Waals surface area contributed by atoms with Crippen molar-refractivity contribution in [3.63, 3.8) is 0 Å². The van der Waals surface area contributed by atoms with Crippen LogP contribution in [0.25, 0.3) is 0 Å². The fourth-order valence-electron chi connectivity index (χ4n) is 7.89. The van der Waals surface area contributed by atoms with Crippen LogP contribution in [0.1, 0.15) is 88.0 Å². The molecule has 0 radical (unpaired) electrons. The number of nitrogens with one attached hydrogen (secondary N) is 1. The maximum atomic E-state index is 13.9. The molecule has 0 aromatic carbocycles. The Morgan fingerprint density at radius 1 is 0.979 bits per heavy atom. The standard InChI is InChI=1S/C35H66N2O11/c1-13-25-34(8,42)18-36-17-19(2)15-33(7,41)30(48-32-27(38)24(37(10)11)14-20(3)44-32)21(4)28(22(5)31(40)46-25)47-26-16-35(9,43-12)29(39)23(6)45-26/h19-30,32,36,38-39,41-42H,13-18H2,1-12H3/t19-,20-,21+,22-,23+,24+,25?,26+,27-,28?,29+,30-,32+,33-,34+,35-/m1/s1. The van der Waals surface area contributed by atoms with E-state index in [4.69, 9.17) is 28.4 Å². The number of nitrogens with zero attached hydrogens (tertiary/aromatic N) is 1. The second-order valence-corrected chi connectivity index (χ2v) is 15.8. The summed E-state index contributed by atoms with van der Waals surface area (Å²) < 4.78 is 37.3. The second-order valence-electron chi connectivity index (χ2n) is 15.8. The van der Waals surface area contributed by atoms with Gasteiger partial charge >= 0.3 is 5.97 Å². The number of carbonyl (C=O) groups is 1. The van der Waals surface area contributed by atoms with Crippen LogP contribution in [0.3, 0.4) is 0 Å². The van der Waals surface area contributed by atoms with E-state index in [2.05, 4.69) is 5.32 Å². The number of cyclic esters (lactones) is 1. The van der Waals surface area contributed by atoms with E-state index in [-0.39, 0.29) is 31.0 Å². The molecule has 13 nitrogen and oxygen atoms in total. The highest BCUT2D eigenvalue weighted by atomic mass is 16.7. The number of aliphatic hydroxyl groups excluding tert-OH is 2. The smallest absolute Gasteiger partial charge is 0.311 e. The average molecular weight is 691 g/mol. The first-order chi connectivity index (χ1) is 22.2. The number of β-amino-alcohol motifs (C(OH)–C–C–N with tert-alkyl or cyclic N) is 1. The van der Waals surface area contributed by atoms with Crippen molar-refractivity contribution in [3.05, 3.63) is 0 Å². The van der Waals surface area contributed by atoms with E-state index in [9.17, 15) is 25.2 Å². The topological polar surface area (TPSA) is 169 Å². The lowest BCUT2D eigenvalue weighted by Gasteiger charge is -2.49. The lowest BCUT2D eigenvalue weighted by molar-refractivity contribution is -0.318. The molecule has 3 heterocycles. The number of methoxy groups -OCH3 is 1. The molecule has 48 heavy (non-hydrogen) atoms.